The van der Waals surface area contributed by atoms with Crippen molar-refractivity contribution in [3.8, 4) is 0 Å². The standard InChI is InChI=1S/C14H26N4O2S/c1-10(2)8-18-12(4)14(11(3)16-18)21(19,20)17-7-5-6-13(15)9-17/h10,13H,5-9,15H2,1-4H3. The maximum atomic E-state index is 12.9. The molecule has 1 aromatic rings. The monoisotopic (exact) mass is 314 g/mol. The van der Waals surface area contributed by atoms with Gasteiger partial charge in [0.1, 0.15) is 4.90 Å². The van der Waals surface area contributed by atoms with Crippen molar-refractivity contribution in [2.24, 2.45) is 11.7 Å². The van der Waals surface area contributed by atoms with E-state index in [-0.39, 0.29) is 6.04 Å². The lowest BCUT2D eigenvalue weighted by atomic mass is 10.1. The van der Waals surface area contributed by atoms with Crippen molar-refractivity contribution >= 4 is 10.0 Å². The fourth-order valence-electron chi connectivity index (χ4n) is 2.90. The molecule has 1 aliphatic heterocycles. The Balaban J connectivity index is 2.38. The van der Waals surface area contributed by atoms with E-state index in [1.165, 1.54) is 4.31 Å². The molecule has 6 nitrogen and oxygen atoms in total. The third-order valence-electron chi connectivity index (χ3n) is 3.87. The summed E-state index contributed by atoms with van der Waals surface area (Å²) in [5, 5.41) is 4.41. The smallest absolute Gasteiger partial charge is 0.246 e. The first-order chi connectivity index (χ1) is 9.73. The Labute approximate surface area is 127 Å². The van der Waals surface area contributed by atoms with Crippen LogP contribution in [0.3, 0.4) is 0 Å². The molecule has 1 atom stereocenters. The van der Waals surface area contributed by atoms with E-state index in [1.807, 2.05) is 6.92 Å². The minimum Gasteiger partial charge on any atom is -0.327 e. The maximum Gasteiger partial charge on any atom is 0.246 e. The van der Waals surface area contributed by atoms with Crippen LogP contribution in [-0.2, 0) is 16.6 Å². The molecule has 7 heteroatoms. The van der Waals surface area contributed by atoms with Gasteiger partial charge in [-0.05, 0) is 32.6 Å². The van der Waals surface area contributed by atoms with E-state index in [1.54, 1.807) is 11.6 Å². The second-order valence-electron chi connectivity index (χ2n) is 6.34. The molecule has 1 fully saturated rings. The number of nitrogens with zero attached hydrogens (tertiary/aromatic N) is 3. The molecule has 0 amide bonds. The molecule has 0 saturated carbocycles. The fraction of sp³-hybridized carbons (Fsp3) is 0.786. The molecule has 2 N–H and O–H groups in total. The quantitative estimate of drug-likeness (QED) is 0.907. The van der Waals surface area contributed by atoms with Gasteiger partial charge in [0.05, 0.1) is 11.4 Å². The number of hydrogen-bond acceptors (Lipinski definition) is 4. The van der Waals surface area contributed by atoms with Gasteiger partial charge in [-0.15, -0.1) is 0 Å². The normalized spacial score (nSPS) is 21.1. The third-order valence-corrected chi connectivity index (χ3v) is 5.99. The molecule has 21 heavy (non-hydrogen) atoms. The Bertz CT molecular complexity index is 607. The van der Waals surface area contributed by atoms with Gasteiger partial charge in [-0.1, -0.05) is 13.8 Å². The Hall–Kier alpha value is -0.920. The van der Waals surface area contributed by atoms with E-state index in [0.29, 0.717) is 29.6 Å². The van der Waals surface area contributed by atoms with Crippen molar-refractivity contribution in [1.29, 1.82) is 0 Å². The predicted molar refractivity (Wildman–Crippen MR) is 82.5 cm³/mol. The van der Waals surface area contributed by atoms with Crippen LogP contribution < -0.4 is 5.73 Å². The molecule has 0 radical (unpaired) electrons. The molecule has 0 bridgehead atoms. The lowest BCUT2D eigenvalue weighted by Gasteiger charge is -2.29. The highest BCUT2D eigenvalue weighted by atomic mass is 32.2. The largest absolute Gasteiger partial charge is 0.327 e. The number of aromatic nitrogens is 2. The highest BCUT2D eigenvalue weighted by molar-refractivity contribution is 7.89. The van der Waals surface area contributed by atoms with Crippen LogP contribution in [0.1, 0.15) is 38.1 Å². The Morgan fingerprint density at radius 2 is 2.05 bits per heavy atom. The SMILES string of the molecule is Cc1nn(CC(C)C)c(C)c1S(=O)(=O)N1CCCC(N)C1. The van der Waals surface area contributed by atoms with E-state index in [0.717, 1.165) is 25.1 Å². The molecular weight excluding hydrogens is 288 g/mol. The zero-order chi connectivity index (χ0) is 15.8. The summed E-state index contributed by atoms with van der Waals surface area (Å²) in [5.74, 6) is 0.418. The van der Waals surface area contributed by atoms with E-state index in [9.17, 15) is 8.42 Å². The Morgan fingerprint density at radius 1 is 1.38 bits per heavy atom. The van der Waals surface area contributed by atoms with Gasteiger partial charge in [0.2, 0.25) is 10.0 Å². The average molecular weight is 314 g/mol. The van der Waals surface area contributed by atoms with Gasteiger partial charge in [-0.25, -0.2) is 8.42 Å². The number of hydrogen-bond donors (Lipinski definition) is 1. The molecule has 2 rings (SSSR count). The third kappa shape index (κ3) is 3.30. The predicted octanol–water partition coefficient (Wildman–Crippen LogP) is 1.27. The highest BCUT2D eigenvalue weighted by Gasteiger charge is 2.33. The van der Waals surface area contributed by atoms with E-state index in [4.69, 9.17) is 5.73 Å². The zero-order valence-corrected chi connectivity index (χ0v) is 14.2. The summed E-state index contributed by atoms with van der Waals surface area (Å²) in [6.45, 7) is 9.45. The number of rotatable bonds is 4. The van der Waals surface area contributed by atoms with Gasteiger partial charge in [0, 0.05) is 25.7 Å². The zero-order valence-electron chi connectivity index (χ0n) is 13.3. The Morgan fingerprint density at radius 3 is 2.62 bits per heavy atom. The van der Waals surface area contributed by atoms with Crippen LogP contribution in [0.15, 0.2) is 4.90 Å². The van der Waals surface area contributed by atoms with Gasteiger partial charge < -0.3 is 5.73 Å². The van der Waals surface area contributed by atoms with Crippen LogP contribution in [0.2, 0.25) is 0 Å². The molecule has 1 saturated heterocycles. The molecule has 0 aromatic carbocycles. The van der Waals surface area contributed by atoms with Gasteiger partial charge in [-0.2, -0.15) is 9.40 Å². The molecule has 1 aliphatic rings. The summed E-state index contributed by atoms with van der Waals surface area (Å²) >= 11 is 0. The van der Waals surface area contributed by atoms with E-state index >= 15 is 0 Å². The van der Waals surface area contributed by atoms with Gasteiger partial charge in [0.15, 0.2) is 0 Å². The summed E-state index contributed by atoms with van der Waals surface area (Å²) in [6, 6.07) is -0.0696. The fourth-order valence-corrected chi connectivity index (χ4v) is 4.81. The van der Waals surface area contributed by atoms with E-state index in [2.05, 4.69) is 18.9 Å². The van der Waals surface area contributed by atoms with Crippen molar-refractivity contribution in [3.63, 3.8) is 0 Å². The minimum absolute atomic E-state index is 0.0696. The highest BCUT2D eigenvalue weighted by Crippen LogP contribution is 2.26. The van der Waals surface area contributed by atoms with E-state index < -0.39 is 10.0 Å². The number of piperidine rings is 1. The summed E-state index contributed by atoms with van der Waals surface area (Å²) in [4.78, 5) is 0.359. The van der Waals surface area contributed by atoms with Crippen LogP contribution in [0.4, 0.5) is 0 Å². The van der Waals surface area contributed by atoms with Gasteiger partial charge in [0.25, 0.3) is 0 Å². The Kier molecular flexibility index (Phi) is 4.75. The number of aryl methyl sites for hydroxylation is 1. The first kappa shape index (κ1) is 16.5. The van der Waals surface area contributed by atoms with Crippen LogP contribution in [0.25, 0.3) is 0 Å². The van der Waals surface area contributed by atoms with Crippen molar-refractivity contribution in [1.82, 2.24) is 14.1 Å². The molecule has 120 valence electrons. The van der Waals surface area contributed by atoms with Crippen molar-refractivity contribution < 1.29 is 8.42 Å². The average Bonchev–Trinajstić information content (AvgIpc) is 2.64. The molecule has 2 heterocycles. The first-order valence-corrected chi connectivity index (χ1v) is 8.97. The first-order valence-electron chi connectivity index (χ1n) is 7.53. The molecule has 1 aromatic heterocycles. The summed E-state index contributed by atoms with van der Waals surface area (Å²) < 4.78 is 29.1. The summed E-state index contributed by atoms with van der Waals surface area (Å²) in [7, 11) is -3.50. The topological polar surface area (TPSA) is 81.2 Å². The lowest BCUT2D eigenvalue weighted by molar-refractivity contribution is 0.316. The van der Waals surface area contributed by atoms with Crippen LogP contribution >= 0.6 is 0 Å². The van der Waals surface area contributed by atoms with Gasteiger partial charge in [-0.3, -0.25) is 4.68 Å². The van der Waals surface area contributed by atoms with Crippen LogP contribution in [-0.4, -0.2) is 41.6 Å². The molecule has 0 aliphatic carbocycles. The second-order valence-corrected chi connectivity index (χ2v) is 8.22. The van der Waals surface area contributed by atoms with Crippen molar-refractivity contribution in [3.05, 3.63) is 11.4 Å². The van der Waals surface area contributed by atoms with Crippen molar-refractivity contribution in [2.45, 2.75) is 58.0 Å². The summed E-state index contributed by atoms with van der Waals surface area (Å²) in [5.41, 5.74) is 7.22. The maximum absolute atomic E-state index is 12.9. The molecular formula is C14H26N4O2S. The van der Waals surface area contributed by atoms with Crippen molar-refractivity contribution in [2.75, 3.05) is 13.1 Å². The number of sulfonamides is 1. The number of nitrogens with two attached hydrogens (primary N) is 1. The van der Waals surface area contributed by atoms with Gasteiger partial charge >= 0.3 is 0 Å². The van der Waals surface area contributed by atoms with Crippen LogP contribution in [0, 0.1) is 19.8 Å². The molecule has 0 spiro atoms. The minimum atomic E-state index is -3.50. The second kappa shape index (κ2) is 6.06. The molecule has 1 unspecified atom stereocenters. The summed E-state index contributed by atoms with van der Waals surface area (Å²) in [6.07, 6.45) is 1.70. The van der Waals surface area contributed by atoms with Crippen LogP contribution in [0.5, 0.6) is 0 Å². The lowest BCUT2D eigenvalue weighted by Crippen LogP contribution is -2.45.